The third-order valence-electron chi connectivity index (χ3n) is 2.99. The van der Waals surface area contributed by atoms with Gasteiger partial charge in [-0.25, -0.2) is 12.8 Å². The topological polar surface area (TPSA) is 54.4 Å². The summed E-state index contributed by atoms with van der Waals surface area (Å²) in [5.74, 6) is -1.27. The first kappa shape index (κ1) is 15.9. The van der Waals surface area contributed by atoms with Gasteiger partial charge >= 0.3 is 0 Å². The Labute approximate surface area is 127 Å². The molecule has 0 aromatic heterocycles. The monoisotopic (exact) mass is 328 g/mol. The lowest BCUT2D eigenvalue weighted by atomic mass is 10.1. The van der Waals surface area contributed by atoms with E-state index in [0.717, 1.165) is 12.1 Å². The van der Waals surface area contributed by atoms with E-state index in [4.69, 9.17) is 11.6 Å². The van der Waals surface area contributed by atoms with E-state index in [1.807, 2.05) is 0 Å². The molecule has 0 saturated heterocycles. The number of aliphatic hydroxyl groups excluding tert-OH is 1. The summed E-state index contributed by atoms with van der Waals surface area (Å²) in [6, 6.07) is 12.1. The molecule has 112 valence electrons. The third kappa shape index (κ3) is 4.52. The van der Waals surface area contributed by atoms with Crippen LogP contribution in [-0.2, 0) is 15.6 Å². The summed E-state index contributed by atoms with van der Waals surface area (Å²) in [6.07, 6.45) is -1.10. The molecular formula is C15H14ClFO3S. The Morgan fingerprint density at radius 3 is 2.43 bits per heavy atom. The molecule has 2 aromatic rings. The van der Waals surface area contributed by atoms with Gasteiger partial charge in [0.15, 0.2) is 9.84 Å². The Morgan fingerprint density at radius 2 is 1.81 bits per heavy atom. The highest BCUT2D eigenvalue weighted by molar-refractivity contribution is 7.90. The molecule has 0 fully saturated rings. The van der Waals surface area contributed by atoms with Crippen LogP contribution in [0.1, 0.15) is 17.2 Å². The Hall–Kier alpha value is -1.43. The maximum Gasteiger partial charge on any atom is 0.157 e. The average molecular weight is 329 g/mol. The number of benzene rings is 2. The minimum atomic E-state index is -3.57. The summed E-state index contributed by atoms with van der Waals surface area (Å²) in [5.41, 5.74) is 0.851. The molecular weight excluding hydrogens is 315 g/mol. The van der Waals surface area contributed by atoms with Gasteiger partial charge < -0.3 is 5.11 Å². The van der Waals surface area contributed by atoms with E-state index < -0.39 is 27.5 Å². The normalized spacial score (nSPS) is 13.1. The molecule has 0 radical (unpaired) electrons. The highest BCUT2D eigenvalue weighted by Crippen LogP contribution is 2.22. The first-order chi connectivity index (χ1) is 9.87. The molecule has 3 nitrogen and oxygen atoms in total. The van der Waals surface area contributed by atoms with Crippen molar-refractivity contribution in [1.82, 2.24) is 0 Å². The van der Waals surface area contributed by atoms with Crippen molar-refractivity contribution in [2.45, 2.75) is 11.9 Å². The second kappa shape index (κ2) is 6.56. The molecule has 0 unspecified atom stereocenters. The van der Waals surface area contributed by atoms with Gasteiger partial charge in [0.25, 0.3) is 0 Å². The van der Waals surface area contributed by atoms with E-state index in [1.165, 1.54) is 6.07 Å². The number of aliphatic hydroxyl groups is 1. The number of rotatable bonds is 5. The maximum atomic E-state index is 12.9. The van der Waals surface area contributed by atoms with Crippen LogP contribution < -0.4 is 0 Å². The van der Waals surface area contributed by atoms with Gasteiger partial charge in [0.2, 0.25) is 0 Å². The van der Waals surface area contributed by atoms with Crippen molar-refractivity contribution in [3.63, 3.8) is 0 Å². The fraction of sp³-hybridized carbons (Fsp3) is 0.200. The van der Waals surface area contributed by atoms with Crippen molar-refractivity contribution in [2.75, 3.05) is 5.75 Å². The predicted molar refractivity (Wildman–Crippen MR) is 80.3 cm³/mol. The molecule has 2 rings (SSSR count). The first-order valence-corrected chi connectivity index (χ1v) is 8.45. The molecule has 6 heteroatoms. The molecule has 0 heterocycles. The van der Waals surface area contributed by atoms with Gasteiger partial charge in [-0.3, -0.25) is 0 Å². The fourth-order valence-electron chi connectivity index (χ4n) is 1.95. The van der Waals surface area contributed by atoms with Crippen molar-refractivity contribution >= 4 is 21.4 Å². The molecule has 1 atom stereocenters. The van der Waals surface area contributed by atoms with Gasteiger partial charge in [0.05, 0.1) is 17.6 Å². The molecule has 0 spiro atoms. The summed E-state index contributed by atoms with van der Waals surface area (Å²) in [4.78, 5) is 0. The zero-order valence-electron chi connectivity index (χ0n) is 11.0. The van der Waals surface area contributed by atoms with Crippen molar-refractivity contribution in [3.05, 3.63) is 70.5 Å². The van der Waals surface area contributed by atoms with E-state index in [9.17, 15) is 17.9 Å². The Bertz CT molecular complexity index is 717. The average Bonchev–Trinajstić information content (AvgIpc) is 2.42. The van der Waals surface area contributed by atoms with Crippen molar-refractivity contribution in [2.24, 2.45) is 0 Å². The lowest BCUT2D eigenvalue weighted by Gasteiger charge is -2.12. The number of hydrogen-bond donors (Lipinski definition) is 1. The summed E-state index contributed by atoms with van der Waals surface area (Å²) in [5, 5.41) is 10.0. The van der Waals surface area contributed by atoms with Gasteiger partial charge in [-0.15, -0.1) is 0 Å². The summed E-state index contributed by atoms with van der Waals surface area (Å²) >= 11 is 5.82. The molecule has 21 heavy (non-hydrogen) atoms. The van der Waals surface area contributed by atoms with E-state index in [2.05, 4.69) is 0 Å². The summed E-state index contributed by atoms with van der Waals surface area (Å²) in [6.45, 7) is 0. The molecule has 2 aromatic carbocycles. The lowest BCUT2D eigenvalue weighted by Crippen LogP contribution is -2.16. The van der Waals surface area contributed by atoms with Crippen LogP contribution in [0.25, 0.3) is 0 Å². The van der Waals surface area contributed by atoms with Crippen LogP contribution in [0.15, 0.2) is 48.5 Å². The maximum absolute atomic E-state index is 12.9. The summed E-state index contributed by atoms with van der Waals surface area (Å²) < 4.78 is 37.2. The van der Waals surface area contributed by atoms with Crippen molar-refractivity contribution in [3.8, 4) is 0 Å². The molecule has 0 aliphatic heterocycles. The molecule has 0 amide bonds. The van der Waals surface area contributed by atoms with Crippen LogP contribution in [0.3, 0.4) is 0 Å². The zero-order chi connectivity index (χ0) is 15.5. The van der Waals surface area contributed by atoms with Gasteiger partial charge in [0.1, 0.15) is 5.82 Å². The van der Waals surface area contributed by atoms with Crippen LogP contribution in [0.5, 0.6) is 0 Å². The molecule has 0 saturated carbocycles. The molecule has 1 N–H and O–H groups in total. The van der Waals surface area contributed by atoms with E-state index in [1.54, 1.807) is 30.3 Å². The number of halogens is 2. The third-order valence-corrected chi connectivity index (χ3v) is 4.91. The van der Waals surface area contributed by atoms with Gasteiger partial charge in [-0.1, -0.05) is 48.0 Å². The van der Waals surface area contributed by atoms with Crippen molar-refractivity contribution in [1.29, 1.82) is 0 Å². The minimum absolute atomic E-state index is 0.0628. The smallest absolute Gasteiger partial charge is 0.157 e. The van der Waals surface area contributed by atoms with Crippen LogP contribution in [0, 0.1) is 5.82 Å². The van der Waals surface area contributed by atoms with Crippen LogP contribution in [0.2, 0.25) is 5.02 Å². The summed E-state index contributed by atoms with van der Waals surface area (Å²) in [7, 11) is -3.57. The van der Waals surface area contributed by atoms with Gasteiger partial charge in [0, 0.05) is 5.02 Å². The largest absolute Gasteiger partial charge is 0.387 e. The fourth-order valence-corrected chi connectivity index (χ4v) is 3.78. The Balaban J connectivity index is 2.12. The first-order valence-electron chi connectivity index (χ1n) is 6.25. The van der Waals surface area contributed by atoms with Gasteiger partial charge in [-0.05, 0) is 23.3 Å². The Kier molecular flexibility index (Phi) is 4.98. The van der Waals surface area contributed by atoms with Gasteiger partial charge in [-0.2, -0.15) is 0 Å². The van der Waals surface area contributed by atoms with E-state index >= 15 is 0 Å². The molecule has 0 aliphatic rings. The Morgan fingerprint density at radius 1 is 1.14 bits per heavy atom. The van der Waals surface area contributed by atoms with Crippen LogP contribution in [-0.4, -0.2) is 19.3 Å². The van der Waals surface area contributed by atoms with E-state index in [0.29, 0.717) is 11.1 Å². The molecule has 0 aliphatic carbocycles. The van der Waals surface area contributed by atoms with E-state index in [-0.39, 0.29) is 10.8 Å². The SMILES string of the molecule is O=S(=O)(Cc1ccc(F)cc1Cl)C[C@@H](O)c1ccccc1. The highest BCUT2D eigenvalue weighted by Gasteiger charge is 2.20. The molecule has 0 bridgehead atoms. The number of hydrogen-bond acceptors (Lipinski definition) is 3. The predicted octanol–water partition coefficient (Wildman–Crippen LogP) is 3.13. The minimum Gasteiger partial charge on any atom is -0.387 e. The zero-order valence-corrected chi connectivity index (χ0v) is 12.6. The lowest BCUT2D eigenvalue weighted by molar-refractivity contribution is 0.201. The highest BCUT2D eigenvalue weighted by atomic mass is 35.5. The van der Waals surface area contributed by atoms with Crippen LogP contribution >= 0.6 is 11.6 Å². The second-order valence-corrected chi connectivity index (χ2v) is 7.23. The van der Waals surface area contributed by atoms with Crippen molar-refractivity contribution < 1.29 is 17.9 Å². The van der Waals surface area contributed by atoms with Crippen LogP contribution in [0.4, 0.5) is 4.39 Å². The number of sulfone groups is 1. The second-order valence-electron chi connectivity index (χ2n) is 4.72. The quantitative estimate of drug-likeness (QED) is 0.917. The standard InChI is InChI=1S/C15H14ClFO3S/c16-14-8-13(17)7-6-12(14)9-21(19,20)10-15(18)11-4-2-1-3-5-11/h1-8,15,18H,9-10H2/t15-/m1/s1.